The molecule has 0 N–H and O–H groups in total. The van der Waals surface area contributed by atoms with Crippen molar-refractivity contribution in [1.82, 2.24) is 29.6 Å². The van der Waals surface area contributed by atoms with Crippen LogP contribution in [-0.4, -0.2) is 29.6 Å². The van der Waals surface area contributed by atoms with Crippen molar-refractivity contribution in [3.63, 3.8) is 0 Å². The van der Waals surface area contributed by atoms with Crippen LogP contribution >= 0.6 is 11.8 Å². The predicted molar refractivity (Wildman–Crippen MR) is 119 cm³/mol. The zero-order valence-electron chi connectivity index (χ0n) is 17.5. The third kappa shape index (κ3) is 3.70. The molecule has 0 aliphatic rings. The summed E-state index contributed by atoms with van der Waals surface area (Å²) in [6.07, 6.45) is 0. The summed E-state index contributed by atoms with van der Waals surface area (Å²) in [6, 6.07) is 18.1. The van der Waals surface area contributed by atoms with Crippen LogP contribution in [0.15, 0.2) is 64.5 Å². The van der Waals surface area contributed by atoms with Gasteiger partial charge in [-0.25, -0.2) is 4.68 Å². The molecule has 0 atom stereocenters. The highest BCUT2D eigenvalue weighted by atomic mass is 32.2. The zero-order chi connectivity index (χ0) is 21.3. The lowest BCUT2D eigenvalue weighted by Crippen LogP contribution is -2.22. The van der Waals surface area contributed by atoms with Gasteiger partial charge in [0.15, 0.2) is 5.69 Å². The number of rotatable bonds is 6. The number of benzene rings is 2. The van der Waals surface area contributed by atoms with Crippen LogP contribution < -0.4 is 5.56 Å². The Bertz CT molecular complexity index is 1200. The smallest absolute Gasteiger partial charge is 0.283 e. The Hall–Kier alpha value is -3.13. The quantitative estimate of drug-likeness (QED) is 0.443. The van der Waals surface area contributed by atoms with Crippen molar-refractivity contribution in [2.75, 3.05) is 0 Å². The van der Waals surface area contributed by atoms with Crippen LogP contribution in [-0.2, 0) is 12.8 Å². The van der Waals surface area contributed by atoms with E-state index in [1.807, 2.05) is 49.0 Å². The van der Waals surface area contributed by atoms with E-state index in [0.717, 1.165) is 17.1 Å². The molecule has 30 heavy (non-hydrogen) atoms. The van der Waals surface area contributed by atoms with Crippen LogP contribution in [0.5, 0.6) is 0 Å². The Balaban J connectivity index is 1.64. The van der Waals surface area contributed by atoms with Crippen molar-refractivity contribution in [2.45, 2.75) is 37.6 Å². The van der Waals surface area contributed by atoms with Gasteiger partial charge in [-0.3, -0.25) is 9.48 Å². The molecule has 2 aromatic heterocycles. The number of aromatic nitrogens is 6. The average Bonchev–Trinajstić information content (AvgIpc) is 3.29. The fourth-order valence-electron chi connectivity index (χ4n) is 3.35. The largest absolute Gasteiger partial charge is 0.297 e. The maximum Gasteiger partial charge on any atom is 0.297 e. The van der Waals surface area contributed by atoms with Crippen molar-refractivity contribution >= 4 is 11.8 Å². The van der Waals surface area contributed by atoms with Gasteiger partial charge in [0, 0.05) is 12.8 Å². The molecule has 0 amide bonds. The predicted octanol–water partition coefficient (Wildman–Crippen LogP) is 3.88. The number of thioether (sulfide) groups is 1. The van der Waals surface area contributed by atoms with E-state index in [9.17, 15) is 4.79 Å². The first-order valence-electron chi connectivity index (χ1n) is 9.81. The molecule has 0 radical (unpaired) electrons. The molecule has 154 valence electrons. The van der Waals surface area contributed by atoms with E-state index < -0.39 is 0 Å². The van der Waals surface area contributed by atoms with Gasteiger partial charge in [0.2, 0.25) is 5.16 Å². The Morgan fingerprint density at radius 3 is 2.40 bits per heavy atom. The summed E-state index contributed by atoms with van der Waals surface area (Å²) in [5.74, 6) is 1.23. The summed E-state index contributed by atoms with van der Waals surface area (Å²) in [5, 5.41) is 12.7. The van der Waals surface area contributed by atoms with E-state index >= 15 is 0 Å². The van der Waals surface area contributed by atoms with Crippen molar-refractivity contribution in [1.29, 1.82) is 0 Å². The molecule has 0 saturated heterocycles. The van der Waals surface area contributed by atoms with Gasteiger partial charge in [-0.05, 0) is 46.5 Å². The van der Waals surface area contributed by atoms with Crippen LogP contribution in [0.2, 0.25) is 0 Å². The van der Waals surface area contributed by atoms with E-state index in [-0.39, 0.29) is 5.56 Å². The Labute approximate surface area is 179 Å². The fraction of sp³-hybridized carbons (Fsp3) is 0.273. The van der Waals surface area contributed by atoms with E-state index in [2.05, 4.69) is 53.6 Å². The fourth-order valence-corrected chi connectivity index (χ4v) is 4.19. The Morgan fingerprint density at radius 2 is 1.73 bits per heavy atom. The SMILES string of the molecule is Cc1c(-n2nnnc2SCc2ccc(C(C)C)cc2)c(=O)n(-c2ccccc2)n1C. The van der Waals surface area contributed by atoms with E-state index in [1.54, 1.807) is 9.36 Å². The molecule has 0 unspecified atom stereocenters. The van der Waals surface area contributed by atoms with Crippen molar-refractivity contribution < 1.29 is 0 Å². The van der Waals surface area contributed by atoms with Crippen LogP contribution in [0.3, 0.4) is 0 Å². The lowest BCUT2D eigenvalue weighted by atomic mass is 10.0. The number of nitrogens with zero attached hydrogens (tertiary/aromatic N) is 6. The molecule has 0 saturated carbocycles. The van der Waals surface area contributed by atoms with Gasteiger partial charge in [0.05, 0.1) is 11.4 Å². The lowest BCUT2D eigenvalue weighted by Gasteiger charge is -2.07. The molecule has 4 rings (SSSR count). The lowest BCUT2D eigenvalue weighted by molar-refractivity contribution is 0.630. The van der Waals surface area contributed by atoms with E-state index in [4.69, 9.17) is 0 Å². The topological polar surface area (TPSA) is 70.5 Å². The summed E-state index contributed by atoms with van der Waals surface area (Å²) in [7, 11) is 1.86. The van der Waals surface area contributed by atoms with Crippen LogP contribution in [0.1, 0.15) is 36.6 Å². The molecule has 8 heteroatoms. The van der Waals surface area contributed by atoms with E-state index in [0.29, 0.717) is 16.8 Å². The summed E-state index contributed by atoms with van der Waals surface area (Å²) in [4.78, 5) is 13.3. The number of hydrogen-bond acceptors (Lipinski definition) is 5. The highest BCUT2D eigenvalue weighted by Crippen LogP contribution is 2.24. The number of para-hydroxylation sites is 1. The van der Waals surface area contributed by atoms with E-state index in [1.165, 1.54) is 22.9 Å². The van der Waals surface area contributed by atoms with Crippen molar-refractivity contribution in [3.05, 3.63) is 81.8 Å². The summed E-state index contributed by atoms with van der Waals surface area (Å²) in [6.45, 7) is 6.27. The maximum atomic E-state index is 13.3. The highest BCUT2D eigenvalue weighted by Gasteiger charge is 2.21. The Kier molecular flexibility index (Phi) is 5.59. The van der Waals surface area contributed by atoms with Gasteiger partial charge < -0.3 is 0 Å². The van der Waals surface area contributed by atoms with Gasteiger partial charge in [-0.2, -0.15) is 4.68 Å². The molecular formula is C22H24N6OS. The number of hydrogen-bond donors (Lipinski definition) is 0. The van der Waals surface area contributed by atoms with Crippen molar-refractivity contribution in [3.8, 4) is 11.4 Å². The molecule has 0 spiro atoms. The van der Waals surface area contributed by atoms with Crippen LogP contribution in [0.4, 0.5) is 0 Å². The maximum absolute atomic E-state index is 13.3. The van der Waals surface area contributed by atoms with Gasteiger partial charge in [-0.1, -0.05) is 68.1 Å². The summed E-state index contributed by atoms with van der Waals surface area (Å²) < 4.78 is 5.00. The normalized spacial score (nSPS) is 11.4. The molecule has 2 heterocycles. The van der Waals surface area contributed by atoms with Gasteiger partial charge in [-0.15, -0.1) is 5.10 Å². The molecule has 4 aromatic rings. The summed E-state index contributed by atoms with van der Waals surface area (Å²) in [5.41, 5.74) is 4.40. The van der Waals surface area contributed by atoms with Gasteiger partial charge in [0.1, 0.15) is 0 Å². The van der Waals surface area contributed by atoms with Gasteiger partial charge >= 0.3 is 0 Å². The van der Waals surface area contributed by atoms with Gasteiger partial charge in [0.25, 0.3) is 5.56 Å². The third-order valence-corrected chi connectivity index (χ3v) is 6.18. The minimum atomic E-state index is -0.156. The number of tetrazole rings is 1. The molecule has 2 aromatic carbocycles. The molecule has 0 aliphatic heterocycles. The molecular weight excluding hydrogens is 396 g/mol. The Morgan fingerprint density at radius 1 is 1.03 bits per heavy atom. The first kappa shape index (κ1) is 20.2. The summed E-state index contributed by atoms with van der Waals surface area (Å²) >= 11 is 1.51. The van der Waals surface area contributed by atoms with Crippen LogP contribution in [0, 0.1) is 6.92 Å². The molecule has 0 aliphatic carbocycles. The second-order valence-corrected chi connectivity index (χ2v) is 8.41. The average molecular weight is 421 g/mol. The standard InChI is InChI=1S/C22H24N6OS/c1-15(2)18-12-10-17(11-13-18)14-30-22-23-24-25-27(22)20-16(3)26(4)28(21(20)29)19-8-6-5-7-9-19/h5-13,15H,14H2,1-4H3. The third-order valence-electron chi connectivity index (χ3n) is 5.19. The van der Waals surface area contributed by atoms with Crippen molar-refractivity contribution in [2.24, 2.45) is 7.05 Å². The first-order valence-corrected chi connectivity index (χ1v) is 10.8. The molecule has 0 bridgehead atoms. The molecule has 0 fully saturated rings. The second-order valence-electron chi connectivity index (χ2n) is 7.47. The monoisotopic (exact) mass is 420 g/mol. The first-order chi connectivity index (χ1) is 14.5. The zero-order valence-corrected chi connectivity index (χ0v) is 18.3. The minimum Gasteiger partial charge on any atom is -0.283 e. The second kappa shape index (κ2) is 8.31. The minimum absolute atomic E-state index is 0.156. The molecule has 7 nitrogen and oxygen atoms in total. The van der Waals surface area contributed by atoms with Crippen LogP contribution in [0.25, 0.3) is 11.4 Å². The highest BCUT2D eigenvalue weighted by molar-refractivity contribution is 7.98.